The average molecular weight is 351 g/mol. The summed E-state index contributed by atoms with van der Waals surface area (Å²) < 4.78 is 14.8. The summed E-state index contributed by atoms with van der Waals surface area (Å²) in [6, 6.07) is 6.28. The molecule has 0 aliphatic carbocycles. The van der Waals surface area contributed by atoms with Crippen molar-refractivity contribution in [2.24, 2.45) is 0 Å². The second-order valence-corrected chi connectivity index (χ2v) is 6.48. The molecule has 1 amide bonds. The predicted molar refractivity (Wildman–Crippen MR) is 90.2 cm³/mol. The number of carbonyl (C=O) groups excluding carboxylic acids is 1. The molecule has 1 aliphatic rings. The molecular formula is C17H20ClFN4O. The minimum Gasteiger partial charge on any atom is -0.338 e. The fraction of sp³-hybridized carbons (Fsp3) is 0.412. The zero-order chi connectivity index (χ0) is 17.1. The van der Waals surface area contributed by atoms with Gasteiger partial charge in [-0.15, -0.1) is 0 Å². The van der Waals surface area contributed by atoms with Crippen molar-refractivity contribution in [1.82, 2.24) is 19.6 Å². The number of carbonyl (C=O) groups is 1. The SMILES string of the molecule is CC(C(=O)N1CCN(Cc2cccc(F)c2)CC1)n1cc(Cl)cn1. The Morgan fingerprint density at radius 2 is 2.08 bits per heavy atom. The summed E-state index contributed by atoms with van der Waals surface area (Å²) in [7, 11) is 0. The van der Waals surface area contributed by atoms with Crippen LogP contribution in [0.2, 0.25) is 5.02 Å². The van der Waals surface area contributed by atoms with E-state index in [1.807, 2.05) is 17.9 Å². The summed E-state index contributed by atoms with van der Waals surface area (Å²) in [5.74, 6) is -0.173. The smallest absolute Gasteiger partial charge is 0.247 e. The van der Waals surface area contributed by atoms with Crippen molar-refractivity contribution in [1.29, 1.82) is 0 Å². The Morgan fingerprint density at radius 3 is 2.71 bits per heavy atom. The highest BCUT2D eigenvalue weighted by Gasteiger charge is 2.26. The Kier molecular flexibility index (Phi) is 5.16. The normalized spacial score (nSPS) is 17.0. The molecule has 1 aromatic carbocycles. The van der Waals surface area contributed by atoms with Gasteiger partial charge in [0.2, 0.25) is 5.91 Å². The minimum absolute atomic E-state index is 0.0418. The number of halogens is 2. The van der Waals surface area contributed by atoms with Gasteiger partial charge in [-0.2, -0.15) is 5.10 Å². The zero-order valence-electron chi connectivity index (χ0n) is 13.5. The van der Waals surface area contributed by atoms with E-state index in [0.717, 1.165) is 18.7 Å². The molecule has 7 heteroatoms. The monoisotopic (exact) mass is 350 g/mol. The number of rotatable bonds is 4. The van der Waals surface area contributed by atoms with E-state index in [4.69, 9.17) is 11.6 Å². The van der Waals surface area contributed by atoms with Crippen LogP contribution in [0.3, 0.4) is 0 Å². The number of hydrogen-bond acceptors (Lipinski definition) is 3. The van der Waals surface area contributed by atoms with Crippen LogP contribution in [0, 0.1) is 5.82 Å². The zero-order valence-corrected chi connectivity index (χ0v) is 14.3. The number of piperazine rings is 1. The molecule has 2 aromatic rings. The van der Waals surface area contributed by atoms with E-state index < -0.39 is 0 Å². The molecule has 1 fully saturated rings. The van der Waals surface area contributed by atoms with Gasteiger partial charge in [0.15, 0.2) is 0 Å². The third-order valence-corrected chi connectivity index (χ3v) is 4.50. The topological polar surface area (TPSA) is 41.4 Å². The molecule has 0 spiro atoms. The molecule has 1 atom stereocenters. The Morgan fingerprint density at radius 1 is 1.33 bits per heavy atom. The van der Waals surface area contributed by atoms with Crippen LogP contribution in [-0.4, -0.2) is 51.7 Å². The molecule has 1 unspecified atom stereocenters. The van der Waals surface area contributed by atoms with Gasteiger partial charge in [-0.25, -0.2) is 4.39 Å². The first-order chi connectivity index (χ1) is 11.5. The van der Waals surface area contributed by atoms with E-state index in [9.17, 15) is 9.18 Å². The third kappa shape index (κ3) is 3.94. The van der Waals surface area contributed by atoms with Crippen LogP contribution in [0.5, 0.6) is 0 Å². The highest BCUT2D eigenvalue weighted by atomic mass is 35.5. The van der Waals surface area contributed by atoms with Gasteiger partial charge in [-0.3, -0.25) is 14.4 Å². The van der Waals surface area contributed by atoms with E-state index in [1.54, 1.807) is 23.0 Å². The summed E-state index contributed by atoms with van der Waals surface area (Å²) in [6.07, 6.45) is 3.19. The third-order valence-electron chi connectivity index (χ3n) is 4.30. The van der Waals surface area contributed by atoms with Crippen LogP contribution < -0.4 is 0 Å². The molecule has 0 N–H and O–H groups in total. The number of amides is 1. The van der Waals surface area contributed by atoms with Gasteiger partial charge in [-0.05, 0) is 24.6 Å². The van der Waals surface area contributed by atoms with Gasteiger partial charge in [0.1, 0.15) is 11.9 Å². The van der Waals surface area contributed by atoms with Gasteiger partial charge in [0.25, 0.3) is 0 Å². The lowest BCUT2D eigenvalue weighted by molar-refractivity contribution is -0.136. The van der Waals surface area contributed by atoms with Crippen LogP contribution in [0.25, 0.3) is 0 Å². The molecule has 1 aliphatic heterocycles. The molecule has 24 heavy (non-hydrogen) atoms. The van der Waals surface area contributed by atoms with Crippen LogP contribution in [0.1, 0.15) is 18.5 Å². The van der Waals surface area contributed by atoms with Gasteiger partial charge >= 0.3 is 0 Å². The van der Waals surface area contributed by atoms with Gasteiger partial charge in [-0.1, -0.05) is 23.7 Å². The summed E-state index contributed by atoms with van der Waals surface area (Å²) >= 11 is 5.86. The summed E-state index contributed by atoms with van der Waals surface area (Å²) in [5.41, 5.74) is 0.953. The lowest BCUT2D eigenvalue weighted by Gasteiger charge is -2.36. The van der Waals surface area contributed by atoms with Crippen LogP contribution in [-0.2, 0) is 11.3 Å². The molecule has 5 nitrogen and oxygen atoms in total. The van der Waals surface area contributed by atoms with Crippen molar-refractivity contribution in [2.75, 3.05) is 26.2 Å². The fourth-order valence-electron chi connectivity index (χ4n) is 2.92. The molecule has 3 rings (SSSR count). The average Bonchev–Trinajstić information content (AvgIpc) is 3.01. The Balaban J connectivity index is 1.53. The molecule has 0 bridgehead atoms. The van der Waals surface area contributed by atoms with E-state index in [-0.39, 0.29) is 17.8 Å². The second kappa shape index (κ2) is 7.32. The molecule has 128 valence electrons. The van der Waals surface area contributed by atoms with Crippen LogP contribution in [0.4, 0.5) is 4.39 Å². The van der Waals surface area contributed by atoms with Crippen LogP contribution >= 0.6 is 11.6 Å². The van der Waals surface area contributed by atoms with E-state index in [0.29, 0.717) is 24.7 Å². The number of aromatic nitrogens is 2. The molecule has 0 radical (unpaired) electrons. The van der Waals surface area contributed by atoms with E-state index in [2.05, 4.69) is 10.00 Å². The Labute approximate surface area is 145 Å². The van der Waals surface area contributed by atoms with E-state index in [1.165, 1.54) is 12.3 Å². The first-order valence-electron chi connectivity index (χ1n) is 7.98. The van der Waals surface area contributed by atoms with Gasteiger partial charge in [0.05, 0.1) is 11.2 Å². The van der Waals surface area contributed by atoms with E-state index >= 15 is 0 Å². The highest BCUT2D eigenvalue weighted by molar-refractivity contribution is 6.30. The first kappa shape index (κ1) is 16.9. The second-order valence-electron chi connectivity index (χ2n) is 6.05. The van der Waals surface area contributed by atoms with Crippen molar-refractivity contribution >= 4 is 17.5 Å². The van der Waals surface area contributed by atoms with Gasteiger partial charge < -0.3 is 4.90 Å². The Hall–Kier alpha value is -1.92. The molecule has 0 saturated carbocycles. The van der Waals surface area contributed by atoms with Crippen molar-refractivity contribution in [3.05, 3.63) is 53.1 Å². The van der Waals surface area contributed by atoms with Gasteiger partial charge in [0, 0.05) is 38.9 Å². The largest absolute Gasteiger partial charge is 0.338 e. The first-order valence-corrected chi connectivity index (χ1v) is 8.36. The maximum atomic E-state index is 13.3. The maximum Gasteiger partial charge on any atom is 0.247 e. The highest BCUT2D eigenvalue weighted by Crippen LogP contribution is 2.16. The summed E-state index contributed by atoms with van der Waals surface area (Å²) in [6.45, 7) is 5.39. The number of benzene rings is 1. The van der Waals surface area contributed by atoms with Crippen molar-refractivity contribution in [3.8, 4) is 0 Å². The molecular weight excluding hydrogens is 331 g/mol. The predicted octanol–water partition coefficient (Wildman–Crippen LogP) is 2.58. The maximum absolute atomic E-state index is 13.3. The molecule has 1 saturated heterocycles. The lowest BCUT2D eigenvalue weighted by atomic mass is 10.2. The van der Waals surface area contributed by atoms with Crippen molar-refractivity contribution in [2.45, 2.75) is 19.5 Å². The number of hydrogen-bond donors (Lipinski definition) is 0. The minimum atomic E-state index is -0.368. The summed E-state index contributed by atoms with van der Waals surface area (Å²) in [5, 5.41) is 4.62. The Bertz CT molecular complexity index is 712. The fourth-order valence-corrected chi connectivity index (χ4v) is 3.07. The quantitative estimate of drug-likeness (QED) is 0.851. The summed E-state index contributed by atoms with van der Waals surface area (Å²) in [4.78, 5) is 16.7. The standard InChI is InChI=1S/C17H20ClFN4O/c1-13(23-12-15(18)10-20-23)17(24)22-7-5-21(6-8-22)11-14-3-2-4-16(19)9-14/h2-4,9-10,12-13H,5-8,11H2,1H3. The number of nitrogens with zero attached hydrogens (tertiary/aromatic N) is 4. The molecule has 2 heterocycles. The lowest BCUT2D eigenvalue weighted by Crippen LogP contribution is -2.49. The molecule has 1 aromatic heterocycles. The van der Waals surface area contributed by atoms with Crippen molar-refractivity contribution in [3.63, 3.8) is 0 Å². The van der Waals surface area contributed by atoms with Crippen LogP contribution in [0.15, 0.2) is 36.7 Å². The van der Waals surface area contributed by atoms with Crippen molar-refractivity contribution < 1.29 is 9.18 Å².